The van der Waals surface area contributed by atoms with Gasteiger partial charge in [0.2, 0.25) is 0 Å². The number of fused-ring (bicyclic) bond motifs is 1. The lowest BCUT2D eigenvalue weighted by Crippen LogP contribution is -2.09. The van der Waals surface area contributed by atoms with Crippen molar-refractivity contribution in [2.24, 2.45) is 0 Å². The highest BCUT2D eigenvalue weighted by Gasteiger charge is 2.23. The summed E-state index contributed by atoms with van der Waals surface area (Å²) >= 11 is 0. The summed E-state index contributed by atoms with van der Waals surface area (Å²) in [6, 6.07) is 7.36. The maximum atomic E-state index is 11.4. The van der Waals surface area contributed by atoms with Crippen LogP contribution in [0.2, 0.25) is 0 Å². The number of anilines is 1. The minimum absolute atomic E-state index is 0.188. The summed E-state index contributed by atoms with van der Waals surface area (Å²) in [5.41, 5.74) is 2.08. The van der Waals surface area contributed by atoms with E-state index < -0.39 is 0 Å². The van der Waals surface area contributed by atoms with Crippen LogP contribution < -0.4 is 5.32 Å². The van der Waals surface area contributed by atoms with E-state index in [0.29, 0.717) is 5.57 Å². The second-order valence-electron chi connectivity index (χ2n) is 3.12. The summed E-state index contributed by atoms with van der Waals surface area (Å²) < 4.78 is 0. The SMILES string of the molecule is CN(O)/C=C1\C(=O)Nc2ccccc21. The molecule has 14 heavy (non-hydrogen) atoms. The average molecular weight is 190 g/mol. The van der Waals surface area contributed by atoms with Gasteiger partial charge in [-0.25, -0.2) is 0 Å². The minimum Gasteiger partial charge on any atom is -0.321 e. The molecule has 0 saturated carbocycles. The van der Waals surface area contributed by atoms with Gasteiger partial charge in [-0.3, -0.25) is 15.1 Å². The number of carbonyl (C=O) groups excluding carboxylic acids is 1. The summed E-state index contributed by atoms with van der Waals surface area (Å²) in [4.78, 5) is 11.4. The van der Waals surface area contributed by atoms with E-state index in [1.807, 2.05) is 24.3 Å². The van der Waals surface area contributed by atoms with Gasteiger partial charge in [-0.15, -0.1) is 0 Å². The molecule has 0 fully saturated rings. The minimum atomic E-state index is -0.188. The first-order valence-electron chi connectivity index (χ1n) is 4.23. The molecule has 1 aromatic carbocycles. The number of rotatable bonds is 1. The van der Waals surface area contributed by atoms with Crippen molar-refractivity contribution in [3.63, 3.8) is 0 Å². The summed E-state index contributed by atoms with van der Waals surface area (Å²) in [7, 11) is 1.46. The van der Waals surface area contributed by atoms with Crippen molar-refractivity contribution in [1.82, 2.24) is 5.06 Å². The summed E-state index contributed by atoms with van der Waals surface area (Å²) in [5, 5.41) is 12.6. The van der Waals surface area contributed by atoms with Crippen molar-refractivity contribution in [1.29, 1.82) is 0 Å². The Balaban J connectivity index is 2.50. The van der Waals surface area contributed by atoms with E-state index in [4.69, 9.17) is 5.21 Å². The summed E-state index contributed by atoms with van der Waals surface area (Å²) in [6.07, 6.45) is 1.39. The zero-order valence-electron chi connectivity index (χ0n) is 7.69. The number of hydrogen-bond donors (Lipinski definition) is 2. The first kappa shape index (κ1) is 8.77. The van der Waals surface area contributed by atoms with Gasteiger partial charge >= 0.3 is 0 Å². The molecule has 72 valence electrons. The molecule has 0 unspecified atom stereocenters. The first-order valence-corrected chi connectivity index (χ1v) is 4.23. The number of nitrogens with one attached hydrogen (secondary N) is 1. The molecular weight excluding hydrogens is 180 g/mol. The fourth-order valence-electron chi connectivity index (χ4n) is 1.45. The van der Waals surface area contributed by atoms with Crippen molar-refractivity contribution in [3.8, 4) is 0 Å². The van der Waals surface area contributed by atoms with Gasteiger partial charge in [-0.1, -0.05) is 18.2 Å². The van der Waals surface area contributed by atoms with Gasteiger partial charge in [0.05, 0.1) is 5.57 Å². The summed E-state index contributed by atoms with van der Waals surface area (Å²) in [5.74, 6) is -0.188. The standard InChI is InChI=1S/C10H10N2O2/c1-12(14)6-8-7-4-2-3-5-9(7)11-10(8)13/h2-6,14H,1H3,(H,11,13)/b8-6-. The number of hydroxylamine groups is 2. The molecule has 0 atom stereocenters. The largest absolute Gasteiger partial charge is 0.321 e. The maximum Gasteiger partial charge on any atom is 0.257 e. The third-order valence-electron chi connectivity index (χ3n) is 2.03. The molecule has 0 spiro atoms. The van der Waals surface area contributed by atoms with E-state index in [-0.39, 0.29) is 5.91 Å². The maximum absolute atomic E-state index is 11.4. The van der Waals surface area contributed by atoms with E-state index in [1.165, 1.54) is 13.2 Å². The summed E-state index contributed by atoms with van der Waals surface area (Å²) in [6.45, 7) is 0. The topological polar surface area (TPSA) is 52.6 Å². The molecule has 4 nitrogen and oxygen atoms in total. The third-order valence-corrected chi connectivity index (χ3v) is 2.03. The second-order valence-corrected chi connectivity index (χ2v) is 3.12. The van der Waals surface area contributed by atoms with Gasteiger partial charge in [-0.05, 0) is 6.07 Å². The quantitative estimate of drug-likeness (QED) is 0.518. The van der Waals surface area contributed by atoms with Crippen LogP contribution >= 0.6 is 0 Å². The molecular formula is C10H10N2O2. The van der Waals surface area contributed by atoms with Gasteiger partial charge in [0.1, 0.15) is 0 Å². The van der Waals surface area contributed by atoms with Crippen molar-refractivity contribution in [2.75, 3.05) is 12.4 Å². The highest BCUT2D eigenvalue weighted by atomic mass is 16.5. The van der Waals surface area contributed by atoms with E-state index >= 15 is 0 Å². The molecule has 1 heterocycles. The second kappa shape index (κ2) is 3.16. The lowest BCUT2D eigenvalue weighted by Gasteiger charge is -2.03. The van der Waals surface area contributed by atoms with E-state index in [9.17, 15) is 4.79 Å². The highest BCUT2D eigenvalue weighted by Crippen LogP contribution is 2.30. The van der Waals surface area contributed by atoms with Crippen LogP contribution in [0.1, 0.15) is 5.56 Å². The van der Waals surface area contributed by atoms with Crippen molar-refractivity contribution >= 4 is 17.2 Å². The Kier molecular flexibility index (Phi) is 1.98. The van der Waals surface area contributed by atoms with Crippen LogP contribution in [0.4, 0.5) is 5.69 Å². The molecule has 0 aliphatic carbocycles. The molecule has 2 rings (SSSR count). The van der Waals surface area contributed by atoms with Gasteiger partial charge < -0.3 is 5.32 Å². The predicted molar refractivity (Wildman–Crippen MR) is 52.6 cm³/mol. The van der Waals surface area contributed by atoms with Gasteiger partial charge in [0.15, 0.2) is 0 Å². The highest BCUT2D eigenvalue weighted by molar-refractivity contribution is 6.31. The Labute approximate surface area is 81.4 Å². The Hall–Kier alpha value is -1.81. The Morgan fingerprint density at radius 1 is 1.43 bits per heavy atom. The molecule has 0 saturated heterocycles. The first-order chi connectivity index (χ1) is 6.68. The molecule has 4 heteroatoms. The van der Waals surface area contributed by atoms with Crippen LogP contribution in [0, 0.1) is 0 Å². The Morgan fingerprint density at radius 3 is 2.86 bits per heavy atom. The zero-order valence-corrected chi connectivity index (χ0v) is 7.69. The Morgan fingerprint density at radius 2 is 2.14 bits per heavy atom. The van der Waals surface area contributed by atoms with Crippen LogP contribution in [0.3, 0.4) is 0 Å². The molecule has 2 N–H and O–H groups in total. The molecule has 0 aromatic heterocycles. The monoisotopic (exact) mass is 190 g/mol. The van der Waals surface area contributed by atoms with Crippen LogP contribution in [0.15, 0.2) is 30.5 Å². The molecule has 1 amide bonds. The number of nitrogens with zero attached hydrogens (tertiary/aromatic N) is 1. The smallest absolute Gasteiger partial charge is 0.257 e. The molecule has 1 aliphatic rings. The normalized spacial score (nSPS) is 16.7. The van der Waals surface area contributed by atoms with Gasteiger partial charge in [-0.2, -0.15) is 0 Å². The lowest BCUT2D eigenvalue weighted by atomic mass is 10.1. The number of hydrogen-bond acceptors (Lipinski definition) is 3. The van der Waals surface area contributed by atoms with Crippen LogP contribution in [-0.2, 0) is 4.79 Å². The number of amides is 1. The van der Waals surface area contributed by atoms with Gasteiger partial charge in [0.25, 0.3) is 5.91 Å². The predicted octanol–water partition coefficient (Wildman–Crippen LogP) is 1.30. The lowest BCUT2D eigenvalue weighted by molar-refractivity contribution is -0.111. The number of carbonyl (C=O) groups is 1. The van der Waals surface area contributed by atoms with E-state index in [0.717, 1.165) is 16.3 Å². The zero-order chi connectivity index (χ0) is 10.1. The number of para-hydroxylation sites is 1. The molecule has 0 radical (unpaired) electrons. The van der Waals surface area contributed by atoms with Crippen LogP contribution in [0.5, 0.6) is 0 Å². The van der Waals surface area contributed by atoms with Gasteiger partial charge in [0, 0.05) is 24.5 Å². The Bertz CT molecular complexity index is 410. The fraction of sp³-hybridized carbons (Fsp3) is 0.100. The molecule has 0 bridgehead atoms. The molecule has 1 aliphatic heterocycles. The fourth-order valence-corrected chi connectivity index (χ4v) is 1.45. The van der Waals surface area contributed by atoms with E-state index in [1.54, 1.807) is 0 Å². The number of benzene rings is 1. The average Bonchev–Trinajstić information content (AvgIpc) is 2.43. The third kappa shape index (κ3) is 1.36. The van der Waals surface area contributed by atoms with Crippen molar-refractivity contribution in [2.45, 2.75) is 0 Å². The van der Waals surface area contributed by atoms with Crippen LogP contribution in [-0.4, -0.2) is 23.2 Å². The van der Waals surface area contributed by atoms with Crippen LogP contribution in [0.25, 0.3) is 5.57 Å². The molecule has 1 aromatic rings. The van der Waals surface area contributed by atoms with Crippen molar-refractivity contribution in [3.05, 3.63) is 36.0 Å². The van der Waals surface area contributed by atoms with Crippen molar-refractivity contribution < 1.29 is 10.0 Å². The van der Waals surface area contributed by atoms with E-state index in [2.05, 4.69) is 5.32 Å².